The van der Waals surface area contributed by atoms with Crippen LogP contribution in [0.2, 0.25) is 0 Å². The van der Waals surface area contributed by atoms with E-state index in [9.17, 15) is 0 Å². The summed E-state index contributed by atoms with van der Waals surface area (Å²) < 4.78 is 0. The Kier molecular flexibility index (Phi) is 2.78. The summed E-state index contributed by atoms with van der Waals surface area (Å²) in [5.41, 5.74) is 2.04. The maximum Gasteiger partial charge on any atom is 0.0856 e. The van der Waals surface area contributed by atoms with Gasteiger partial charge in [-0.15, -0.1) is 0 Å². The third-order valence-electron chi connectivity index (χ3n) is 2.39. The zero-order valence-corrected chi connectivity index (χ0v) is 8.54. The van der Waals surface area contributed by atoms with E-state index in [2.05, 4.69) is 10.2 Å². The Labute approximate surface area is 88.2 Å². The van der Waals surface area contributed by atoms with Gasteiger partial charge in [-0.1, -0.05) is 19.1 Å². The van der Waals surface area contributed by atoms with E-state index in [0.29, 0.717) is 0 Å². The molecule has 0 fully saturated rings. The quantitative estimate of drug-likeness (QED) is 0.819. The van der Waals surface area contributed by atoms with E-state index in [1.807, 2.05) is 31.2 Å². The minimum atomic E-state index is 0.166. The van der Waals surface area contributed by atoms with Crippen molar-refractivity contribution in [2.75, 3.05) is 6.61 Å². The first kappa shape index (κ1) is 9.86. The van der Waals surface area contributed by atoms with Crippen molar-refractivity contribution in [3.8, 4) is 5.69 Å². The fraction of sp³-hybridized carbons (Fsp3) is 0.273. The second-order valence-corrected chi connectivity index (χ2v) is 3.49. The molecule has 15 heavy (non-hydrogen) atoms. The number of aliphatic hydroxyl groups is 1. The second kappa shape index (κ2) is 4.23. The summed E-state index contributed by atoms with van der Waals surface area (Å²) in [6, 6.07) is 7.86. The molecule has 1 atom stereocenters. The number of hydrogen-bond donors (Lipinski definition) is 1. The predicted molar refractivity (Wildman–Crippen MR) is 56.9 cm³/mol. The van der Waals surface area contributed by atoms with Crippen LogP contribution < -0.4 is 0 Å². The Bertz CT molecular complexity index is 408. The van der Waals surface area contributed by atoms with Crippen molar-refractivity contribution in [3.63, 3.8) is 0 Å². The highest BCUT2D eigenvalue weighted by Gasteiger charge is 2.04. The molecule has 1 unspecified atom stereocenters. The molecule has 0 bridgehead atoms. The summed E-state index contributed by atoms with van der Waals surface area (Å²) in [4.78, 5) is 1.56. The summed E-state index contributed by atoms with van der Waals surface area (Å²) in [5.74, 6) is 0.171. The smallest absolute Gasteiger partial charge is 0.0856 e. The highest BCUT2D eigenvalue weighted by Crippen LogP contribution is 2.15. The summed E-state index contributed by atoms with van der Waals surface area (Å²) in [6.45, 7) is 2.15. The lowest BCUT2D eigenvalue weighted by molar-refractivity contribution is 0.273. The van der Waals surface area contributed by atoms with Gasteiger partial charge < -0.3 is 5.11 Å². The molecule has 0 radical (unpaired) electrons. The minimum Gasteiger partial charge on any atom is -0.396 e. The normalized spacial score (nSPS) is 12.7. The van der Waals surface area contributed by atoms with Crippen LogP contribution in [0.4, 0.5) is 0 Å². The first-order valence-corrected chi connectivity index (χ1v) is 4.89. The predicted octanol–water partition coefficient (Wildman–Crippen LogP) is 1.36. The molecule has 0 saturated heterocycles. The lowest BCUT2D eigenvalue weighted by Crippen LogP contribution is -2.01. The lowest BCUT2D eigenvalue weighted by atomic mass is 10.0. The highest BCUT2D eigenvalue weighted by atomic mass is 16.3. The van der Waals surface area contributed by atoms with Gasteiger partial charge in [-0.05, 0) is 17.7 Å². The monoisotopic (exact) mass is 203 g/mol. The van der Waals surface area contributed by atoms with Crippen molar-refractivity contribution in [1.82, 2.24) is 15.0 Å². The molecule has 0 aliphatic carbocycles. The van der Waals surface area contributed by atoms with Crippen LogP contribution in [0.25, 0.3) is 5.69 Å². The van der Waals surface area contributed by atoms with Gasteiger partial charge in [0.15, 0.2) is 0 Å². The number of rotatable bonds is 3. The highest BCUT2D eigenvalue weighted by molar-refractivity contribution is 5.33. The molecule has 0 amide bonds. The Balaban J connectivity index is 2.25. The molecule has 1 aromatic heterocycles. The van der Waals surface area contributed by atoms with Crippen LogP contribution in [0.1, 0.15) is 18.4 Å². The van der Waals surface area contributed by atoms with Gasteiger partial charge in [-0.3, -0.25) is 0 Å². The Morgan fingerprint density at radius 2 is 1.80 bits per heavy atom. The molecule has 2 rings (SSSR count). The molecule has 78 valence electrons. The average Bonchev–Trinajstić information content (AvgIpc) is 2.82. The molecular weight excluding hydrogens is 190 g/mol. The maximum atomic E-state index is 9.01. The van der Waals surface area contributed by atoms with E-state index in [4.69, 9.17) is 5.11 Å². The zero-order valence-electron chi connectivity index (χ0n) is 8.54. The van der Waals surface area contributed by atoms with Crippen molar-refractivity contribution in [2.45, 2.75) is 12.8 Å². The van der Waals surface area contributed by atoms with Gasteiger partial charge in [0.05, 0.1) is 18.1 Å². The third kappa shape index (κ3) is 2.05. The molecule has 2 aromatic rings. The van der Waals surface area contributed by atoms with E-state index in [1.165, 1.54) is 0 Å². The number of aromatic nitrogens is 3. The molecule has 0 aliphatic rings. The van der Waals surface area contributed by atoms with E-state index >= 15 is 0 Å². The van der Waals surface area contributed by atoms with Crippen LogP contribution in [0.15, 0.2) is 36.7 Å². The Morgan fingerprint density at radius 1 is 1.20 bits per heavy atom. The molecule has 4 heteroatoms. The average molecular weight is 203 g/mol. The molecule has 1 N–H and O–H groups in total. The summed E-state index contributed by atoms with van der Waals surface area (Å²) >= 11 is 0. The van der Waals surface area contributed by atoms with Crippen LogP contribution in [-0.4, -0.2) is 26.7 Å². The first-order valence-electron chi connectivity index (χ1n) is 4.89. The Morgan fingerprint density at radius 3 is 2.33 bits per heavy atom. The van der Waals surface area contributed by atoms with Crippen molar-refractivity contribution < 1.29 is 5.11 Å². The van der Waals surface area contributed by atoms with Gasteiger partial charge >= 0.3 is 0 Å². The van der Waals surface area contributed by atoms with Crippen molar-refractivity contribution >= 4 is 0 Å². The topological polar surface area (TPSA) is 50.9 Å². The van der Waals surface area contributed by atoms with Crippen molar-refractivity contribution in [3.05, 3.63) is 42.2 Å². The van der Waals surface area contributed by atoms with Crippen LogP contribution in [0, 0.1) is 0 Å². The zero-order chi connectivity index (χ0) is 10.7. The summed E-state index contributed by atoms with van der Waals surface area (Å²) in [6.07, 6.45) is 3.29. The number of benzene rings is 1. The molecular formula is C11H13N3O. The molecule has 4 nitrogen and oxygen atoms in total. The standard InChI is InChI=1S/C11H13N3O/c1-9(8-15)10-2-4-11(5-3-10)14-12-6-7-13-14/h2-7,9,15H,8H2,1H3. The Hall–Kier alpha value is -1.68. The maximum absolute atomic E-state index is 9.01. The van der Waals surface area contributed by atoms with Crippen LogP contribution in [-0.2, 0) is 0 Å². The van der Waals surface area contributed by atoms with Gasteiger partial charge in [0, 0.05) is 12.5 Å². The first-order chi connectivity index (χ1) is 7.31. The third-order valence-corrected chi connectivity index (χ3v) is 2.39. The fourth-order valence-corrected chi connectivity index (χ4v) is 1.39. The fourth-order valence-electron chi connectivity index (χ4n) is 1.39. The van der Waals surface area contributed by atoms with Gasteiger partial charge in [0.1, 0.15) is 0 Å². The summed E-state index contributed by atoms with van der Waals surface area (Å²) in [7, 11) is 0. The van der Waals surface area contributed by atoms with E-state index in [1.54, 1.807) is 17.2 Å². The lowest BCUT2D eigenvalue weighted by Gasteiger charge is -2.08. The van der Waals surface area contributed by atoms with Gasteiger partial charge in [-0.2, -0.15) is 15.0 Å². The van der Waals surface area contributed by atoms with E-state index in [0.717, 1.165) is 11.3 Å². The van der Waals surface area contributed by atoms with E-state index < -0.39 is 0 Å². The number of hydrogen-bond acceptors (Lipinski definition) is 3. The van der Waals surface area contributed by atoms with Crippen molar-refractivity contribution in [2.24, 2.45) is 0 Å². The van der Waals surface area contributed by atoms with Gasteiger partial charge in [0.25, 0.3) is 0 Å². The molecule has 0 aliphatic heterocycles. The second-order valence-electron chi connectivity index (χ2n) is 3.49. The van der Waals surface area contributed by atoms with Gasteiger partial charge in [0.2, 0.25) is 0 Å². The minimum absolute atomic E-state index is 0.166. The number of aliphatic hydroxyl groups excluding tert-OH is 1. The van der Waals surface area contributed by atoms with Crippen LogP contribution in [0.3, 0.4) is 0 Å². The molecule has 1 aromatic carbocycles. The summed E-state index contributed by atoms with van der Waals surface area (Å²) in [5, 5.41) is 17.1. The van der Waals surface area contributed by atoms with Crippen LogP contribution >= 0.6 is 0 Å². The SMILES string of the molecule is CC(CO)c1ccc(-n2nccn2)cc1. The molecule has 0 saturated carbocycles. The van der Waals surface area contributed by atoms with Crippen molar-refractivity contribution in [1.29, 1.82) is 0 Å². The largest absolute Gasteiger partial charge is 0.396 e. The number of nitrogens with zero attached hydrogens (tertiary/aromatic N) is 3. The van der Waals surface area contributed by atoms with Gasteiger partial charge in [-0.25, -0.2) is 0 Å². The molecule has 1 heterocycles. The van der Waals surface area contributed by atoms with Crippen LogP contribution in [0.5, 0.6) is 0 Å². The van der Waals surface area contributed by atoms with E-state index in [-0.39, 0.29) is 12.5 Å². The molecule has 0 spiro atoms.